The predicted molar refractivity (Wildman–Crippen MR) is 65.5 cm³/mol. The summed E-state index contributed by atoms with van der Waals surface area (Å²) in [6, 6.07) is 0.335. The minimum atomic E-state index is 0.335. The lowest BCUT2D eigenvalue weighted by molar-refractivity contribution is 0.599. The molecule has 0 saturated heterocycles. The highest BCUT2D eigenvalue weighted by molar-refractivity contribution is 7.09. The molecule has 2 aromatic heterocycles. The number of nitrogens with zero attached hydrogens (tertiary/aromatic N) is 3. The van der Waals surface area contributed by atoms with Crippen LogP contribution in [0.5, 0.6) is 0 Å². The first-order chi connectivity index (χ1) is 7.83. The van der Waals surface area contributed by atoms with Crippen LogP contribution in [0.3, 0.4) is 0 Å². The summed E-state index contributed by atoms with van der Waals surface area (Å²) >= 11 is 1.69. The maximum Gasteiger partial charge on any atom is 0.0794 e. The summed E-state index contributed by atoms with van der Waals surface area (Å²) < 4.78 is 1.95. The standard InChI is InChI=1S/C11H16N4S/c1-3-15-7-9(5-14-15)4-10(12-2)11-6-13-8-16-11/h5-8,10,12H,3-4H2,1-2H3. The number of hydrogen-bond acceptors (Lipinski definition) is 4. The molecule has 0 aromatic carbocycles. The topological polar surface area (TPSA) is 42.7 Å². The molecule has 0 spiro atoms. The molecule has 1 unspecified atom stereocenters. The van der Waals surface area contributed by atoms with Crippen LogP contribution in [-0.2, 0) is 13.0 Å². The average molecular weight is 236 g/mol. The Morgan fingerprint density at radius 2 is 2.38 bits per heavy atom. The predicted octanol–water partition coefficient (Wildman–Crippen LogP) is 1.86. The molecule has 0 aliphatic rings. The first-order valence-electron chi connectivity index (χ1n) is 5.40. The lowest BCUT2D eigenvalue weighted by atomic mass is 10.1. The quantitative estimate of drug-likeness (QED) is 0.861. The van der Waals surface area contributed by atoms with Crippen molar-refractivity contribution in [2.75, 3.05) is 7.05 Å². The van der Waals surface area contributed by atoms with Gasteiger partial charge in [-0.1, -0.05) is 0 Å². The van der Waals surface area contributed by atoms with Gasteiger partial charge in [-0.15, -0.1) is 11.3 Å². The van der Waals surface area contributed by atoms with Gasteiger partial charge in [0, 0.05) is 29.9 Å². The number of thiazole rings is 1. The van der Waals surface area contributed by atoms with Crippen LogP contribution in [0.25, 0.3) is 0 Å². The van der Waals surface area contributed by atoms with Crippen LogP contribution in [0.15, 0.2) is 24.1 Å². The molecule has 2 aromatic rings. The van der Waals surface area contributed by atoms with Crippen LogP contribution in [-0.4, -0.2) is 21.8 Å². The molecule has 0 bridgehead atoms. The van der Waals surface area contributed by atoms with Gasteiger partial charge >= 0.3 is 0 Å². The molecule has 1 atom stereocenters. The Balaban J connectivity index is 2.07. The molecule has 2 rings (SSSR count). The second-order valence-electron chi connectivity index (χ2n) is 3.65. The van der Waals surface area contributed by atoms with E-state index in [1.807, 2.05) is 29.6 Å². The van der Waals surface area contributed by atoms with Crippen LogP contribution in [0.1, 0.15) is 23.4 Å². The Morgan fingerprint density at radius 3 is 2.94 bits per heavy atom. The second kappa shape index (κ2) is 5.23. The average Bonchev–Trinajstić information content (AvgIpc) is 2.96. The highest BCUT2D eigenvalue weighted by Crippen LogP contribution is 2.20. The third kappa shape index (κ3) is 2.48. The van der Waals surface area contributed by atoms with E-state index >= 15 is 0 Å². The molecular formula is C11H16N4S. The summed E-state index contributed by atoms with van der Waals surface area (Å²) in [5.41, 5.74) is 3.13. The summed E-state index contributed by atoms with van der Waals surface area (Å²) in [6.45, 7) is 3.01. The van der Waals surface area contributed by atoms with Gasteiger partial charge in [0.05, 0.1) is 11.7 Å². The fourth-order valence-corrected chi connectivity index (χ4v) is 2.39. The second-order valence-corrected chi connectivity index (χ2v) is 4.57. The first kappa shape index (κ1) is 11.3. The van der Waals surface area contributed by atoms with Crippen molar-refractivity contribution in [2.24, 2.45) is 0 Å². The van der Waals surface area contributed by atoms with Crippen molar-refractivity contribution in [3.63, 3.8) is 0 Å². The van der Waals surface area contributed by atoms with E-state index < -0.39 is 0 Å². The van der Waals surface area contributed by atoms with Gasteiger partial charge < -0.3 is 5.32 Å². The zero-order valence-corrected chi connectivity index (χ0v) is 10.4. The Morgan fingerprint density at radius 1 is 1.50 bits per heavy atom. The normalized spacial score (nSPS) is 12.9. The minimum absolute atomic E-state index is 0.335. The van der Waals surface area contributed by atoms with Gasteiger partial charge in [0.15, 0.2) is 0 Å². The number of likely N-dealkylation sites (N-methyl/N-ethyl adjacent to an activating group) is 1. The highest BCUT2D eigenvalue weighted by atomic mass is 32.1. The third-order valence-corrected chi connectivity index (χ3v) is 3.48. The number of nitrogens with one attached hydrogen (secondary N) is 1. The van der Waals surface area contributed by atoms with Crippen molar-refractivity contribution in [2.45, 2.75) is 25.9 Å². The Labute approximate surface area is 99.3 Å². The van der Waals surface area contributed by atoms with E-state index in [2.05, 4.69) is 28.5 Å². The largest absolute Gasteiger partial charge is 0.312 e. The summed E-state index contributed by atoms with van der Waals surface area (Å²) in [5.74, 6) is 0. The van der Waals surface area contributed by atoms with Crippen molar-refractivity contribution < 1.29 is 0 Å². The van der Waals surface area contributed by atoms with E-state index in [4.69, 9.17) is 0 Å². The minimum Gasteiger partial charge on any atom is -0.312 e. The molecular weight excluding hydrogens is 220 g/mol. The van der Waals surface area contributed by atoms with Crippen LogP contribution >= 0.6 is 11.3 Å². The van der Waals surface area contributed by atoms with Gasteiger partial charge in [-0.3, -0.25) is 9.67 Å². The fraction of sp³-hybridized carbons (Fsp3) is 0.455. The van der Waals surface area contributed by atoms with E-state index in [0.717, 1.165) is 13.0 Å². The van der Waals surface area contributed by atoms with Gasteiger partial charge in [0.2, 0.25) is 0 Å². The van der Waals surface area contributed by atoms with Gasteiger partial charge in [-0.2, -0.15) is 5.10 Å². The molecule has 0 fully saturated rings. The summed E-state index contributed by atoms with van der Waals surface area (Å²) in [5, 5.41) is 7.59. The molecule has 0 aliphatic carbocycles. The van der Waals surface area contributed by atoms with Crippen LogP contribution < -0.4 is 5.32 Å². The fourth-order valence-electron chi connectivity index (χ4n) is 1.66. The Hall–Kier alpha value is -1.20. The zero-order chi connectivity index (χ0) is 11.4. The molecule has 0 aliphatic heterocycles. The van der Waals surface area contributed by atoms with E-state index in [9.17, 15) is 0 Å². The Bertz CT molecular complexity index is 421. The van der Waals surface area contributed by atoms with E-state index in [1.165, 1.54) is 10.4 Å². The molecule has 1 N–H and O–H groups in total. The molecule has 2 heterocycles. The van der Waals surface area contributed by atoms with Crippen molar-refractivity contribution in [3.8, 4) is 0 Å². The molecule has 0 amide bonds. The highest BCUT2D eigenvalue weighted by Gasteiger charge is 2.12. The summed E-state index contributed by atoms with van der Waals surface area (Å²) in [4.78, 5) is 5.38. The van der Waals surface area contributed by atoms with Gasteiger partial charge in [0.25, 0.3) is 0 Å². The van der Waals surface area contributed by atoms with Gasteiger partial charge in [0.1, 0.15) is 0 Å². The third-order valence-electron chi connectivity index (χ3n) is 2.59. The van der Waals surface area contributed by atoms with E-state index in [-0.39, 0.29) is 0 Å². The lowest BCUT2D eigenvalue weighted by Crippen LogP contribution is -2.17. The molecule has 16 heavy (non-hydrogen) atoms. The maximum absolute atomic E-state index is 4.28. The maximum atomic E-state index is 4.28. The van der Waals surface area contributed by atoms with E-state index in [1.54, 1.807) is 11.3 Å². The van der Waals surface area contributed by atoms with Crippen molar-refractivity contribution in [3.05, 3.63) is 34.5 Å². The molecule has 86 valence electrons. The number of aryl methyl sites for hydroxylation is 1. The number of aromatic nitrogens is 3. The molecule has 0 radical (unpaired) electrons. The van der Waals surface area contributed by atoms with Gasteiger partial charge in [-0.05, 0) is 26.0 Å². The van der Waals surface area contributed by atoms with Crippen LogP contribution in [0, 0.1) is 0 Å². The molecule has 5 heteroatoms. The number of hydrogen-bond donors (Lipinski definition) is 1. The molecule has 4 nitrogen and oxygen atoms in total. The Kier molecular flexibility index (Phi) is 3.69. The first-order valence-corrected chi connectivity index (χ1v) is 6.28. The van der Waals surface area contributed by atoms with Crippen molar-refractivity contribution in [1.82, 2.24) is 20.1 Å². The smallest absolute Gasteiger partial charge is 0.0794 e. The zero-order valence-electron chi connectivity index (χ0n) is 9.55. The SMILES string of the molecule is CCn1cc(CC(NC)c2cncs2)cn1. The van der Waals surface area contributed by atoms with Crippen molar-refractivity contribution in [1.29, 1.82) is 0 Å². The number of rotatable bonds is 5. The molecule has 0 saturated carbocycles. The van der Waals surface area contributed by atoms with Crippen molar-refractivity contribution >= 4 is 11.3 Å². The van der Waals surface area contributed by atoms with Crippen LogP contribution in [0.4, 0.5) is 0 Å². The summed E-state index contributed by atoms with van der Waals surface area (Å²) in [6.07, 6.45) is 6.93. The lowest BCUT2D eigenvalue weighted by Gasteiger charge is -2.12. The summed E-state index contributed by atoms with van der Waals surface area (Å²) in [7, 11) is 1.98. The van der Waals surface area contributed by atoms with E-state index in [0.29, 0.717) is 6.04 Å². The monoisotopic (exact) mass is 236 g/mol. The van der Waals surface area contributed by atoms with Gasteiger partial charge in [-0.25, -0.2) is 0 Å². The van der Waals surface area contributed by atoms with Crippen LogP contribution in [0.2, 0.25) is 0 Å².